The van der Waals surface area contributed by atoms with Crippen molar-refractivity contribution in [1.29, 1.82) is 0 Å². The monoisotopic (exact) mass is 299 g/mol. The Bertz CT molecular complexity index is 671. The molecule has 3 heteroatoms. The van der Waals surface area contributed by atoms with Crippen LogP contribution in [0.15, 0.2) is 18.2 Å². The number of aromatic carboxylic acids is 1. The zero-order valence-electron chi connectivity index (χ0n) is 13.3. The Morgan fingerprint density at radius 3 is 2.95 bits per heavy atom. The number of unbranched alkanes of at least 4 members (excludes halogenated alkanes) is 3. The van der Waals surface area contributed by atoms with Gasteiger partial charge in [0, 0.05) is 11.1 Å². The Labute approximate surface area is 131 Å². The van der Waals surface area contributed by atoms with Crippen LogP contribution in [0, 0.1) is 5.92 Å². The van der Waals surface area contributed by atoms with Crippen molar-refractivity contribution in [2.75, 3.05) is 0 Å². The van der Waals surface area contributed by atoms with Crippen molar-refractivity contribution in [1.82, 2.24) is 4.98 Å². The van der Waals surface area contributed by atoms with Gasteiger partial charge >= 0.3 is 5.97 Å². The van der Waals surface area contributed by atoms with Crippen molar-refractivity contribution >= 4 is 16.9 Å². The lowest BCUT2D eigenvalue weighted by Crippen LogP contribution is -2.13. The van der Waals surface area contributed by atoms with E-state index in [4.69, 9.17) is 0 Å². The second-order valence-electron chi connectivity index (χ2n) is 6.57. The number of carboxylic acid groups (broad SMARTS) is 1. The fourth-order valence-electron chi connectivity index (χ4n) is 3.81. The number of nitrogens with one attached hydrogen (secondary N) is 1. The molecule has 3 nitrogen and oxygen atoms in total. The summed E-state index contributed by atoms with van der Waals surface area (Å²) in [6, 6.07) is 5.60. The number of benzene rings is 1. The molecular weight excluding hydrogens is 274 g/mol. The third kappa shape index (κ3) is 2.90. The largest absolute Gasteiger partial charge is 0.478 e. The van der Waals surface area contributed by atoms with Crippen LogP contribution in [0.3, 0.4) is 0 Å². The van der Waals surface area contributed by atoms with E-state index in [1.54, 1.807) is 6.07 Å². The standard InChI is InChI=1S/C19H25NO2/c1-2-3-4-5-7-13-10-11-14-15-8-6-9-16(19(21)22)18(15)20-17(14)12-13/h6,8-9,13,20H,2-5,7,10-12H2,1H3,(H,21,22). The smallest absolute Gasteiger partial charge is 0.337 e. The molecule has 118 valence electrons. The molecule has 1 heterocycles. The number of aromatic nitrogens is 1. The summed E-state index contributed by atoms with van der Waals surface area (Å²) in [5, 5.41) is 10.5. The van der Waals surface area contributed by atoms with E-state index < -0.39 is 5.97 Å². The number of hydrogen-bond donors (Lipinski definition) is 2. The fourth-order valence-corrected chi connectivity index (χ4v) is 3.81. The maximum Gasteiger partial charge on any atom is 0.337 e. The molecule has 0 spiro atoms. The molecule has 1 atom stereocenters. The lowest BCUT2D eigenvalue weighted by atomic mass is 9.83. The van der Waals surface area contributed by atoms with Crippen molar-refractivity contribution in [2.24, 2.45) is 5.92 Å². The number of aromatic amines is 1. The van der Waals surface area contributed by atoms with E-state index >= 15 is 0 Å². The Kier molecular flexibility index (Phi) is 4.51. The first-order valence-electron chi connectivity index (χ1n) is 8.56. The predicted octanol–water partition coefficient (Wildman–Crippen LogP) is 4.94. The zero-order chi connectivity index (χ0) is 15.5. The first-order valence-corrected chi connectivity index (χ1v) is 8.56. The second-order valence-corrected chi connectivity index (χ2v) is 6.57. The number of rotatable bonds is 6. The molecule has 0 amide bonds. The molecule has 1 aliphatic carbocycles. The second kappa shape index (κ2) is 6.55. The number of aryl methyl sites for hydroxylation is 1. The molecule has 1 unspecified atom stereocenters. The Hall–Kier alpha value is -1.77. The molecule has 1 aromatic carbocycles. The average molecular weight is 299 g/mol. The molecule has 22 heavy (non-hydrogen) atoms. The van der Waals surface area contributed by atoms with Crippen LogP contribution in [0.5, 0.6) is 0 Å². The van der Waals surface area contributed by atoms with Gasteiger partial charge in [-0.1, -0.05) is 51.2 Å². The van der Waals surface area contributed by atoms with Crippen LogP contribution in [0.25, 0.3) is 10.9 Å². The zero-order valence-corrected chi connectivity index (χ0v) is 13.3. The highest BCUT2D eigenvalue weighted by molar-refractivity contribution is 6.03. The molecule has 0 saturated carbocycles. The first-order chi connectivity index (χ1) is 10.7. The number of fused-ring (bicyclic) bond motifs is 3. The lowest BCUT2D eigenvalue weighted by molar-refractivity contribution is 0.0699. The van der Waals surface area contributed by atoms with Crippen molar-refractivity contribution < 1.29 is 9.90 Å². The molecule has 0 radical (unpaired) electrons. The van der Waals surface area contributed by atoms with Gasteiger partial charge in [-0.15, -0.1) is 0 Å². The minimum atomic E-state index is -0.847. The molecule has 1 aromatic heterocycles. The highest BCUT2D eigenvalue weighted by Crippen LogP contribution is 2.34. The maximum absolute atomic E-state index is 11.4. The Balaban J connectivity index is 1.79. The van der Waals surface area contributed by atoms with Crippen LogP contribution < -0.4 is 0 Å². The fraction of sp³-hybridized carbons (Fsp3) is 0.526. The van der Waals surface area contributed by atoms with Crippen LogP contribution in [0.1, 0.15) is 67.1 Å². The molecule has 0 aliphatic heterocycles. The third-order valence-electron chi connectivity index (χ3n) is 5.02. The van der Waals surface area contributed by atoms with Gasteiger partial charge < -0.3 is 10.1 Å². The summed E-state index contributed by atoms with van der Waals surface area (Å²) in [5.74, 6) is -0.0917. The summed E-state index contributed by atoms with van der Waals surface area (Å²) in [5.41, 5.74) is 3.83. The predicted molar refractivity (Wildman–Crippen MR) is 89.5 cm³/mol. The molecule has 0 saturated heterocycles. The number of hydrogen-bond acceptors (Lipinski definition) is 1. The quantitative estimate of drug-likeness (QED) is 0.742. The number of carbonyl (C=O) groups is 1. The molecular formula is C19H25NO2. The minimum Gasteiger partial charge on any atom is -0.478 e. The summed E-state index contributed by atoms with van der Waals surface area (Å²) in [4.78, 5) is 14.8. The highest BCUT2D eigenvalue weighted by atomic mass is 16.4. The number of carboxylic acids is 1. The van der Waals surface area contributed by atoms with E-state index in [1.807, 2.05) is 6.07 Å². The highest BCUT2D eigenvalue weighted by Gasteiger charge is 2.23. The summed E-state index contributed by atoms with van der Waals surface area (Å²) in [7, 11) is 0. The van der Waals surface area contributed by atoms with Crippen molar-refractivity contribution in [3.05, 3.63) is 35.0 Å². The van der Waals surface area contributed by atoms with E-state index in [2.05, 4.69) is 18.0 Å². The minimum absolute atomic E-state index is 0.395. The van der Waals surface area contributed by atoms with Gasteiger partial charge in [0.1, 0.15) is 0 Å². The van der Waals surface area contributed by atoms with Gasteiger partial charge in [0.05, 0.1) is 11.1 Å². The molecule has 1 aliphatic rings. The molecule has 3 rings (SSSR count). The van der Waals surface area contributed by atoms with Crippen LogP contribution in [0.4, 0.5) is 0 Å². The molecule has 0 bridgehead atoms. The summed E-state index contributed by atoms with van der Waals surface area (Å²) < 4.78 is 0. The van der Waals surface area contributed by atoms with E-state index in [0.29, 0.717) is 5.56 Å². The van der Waals surface area contributed by atoms with Crippen LogP contribution in [-0.4, -0.2) is 16.1 Å². The number of para-hydroxylation sites is 1. The Morgan fingerprint density at radius 1 is 1.32 bits per heavy atom. The van der Waals surface area contributed by atoms with Gasteiger partial charge in [-0.2, -0.15) is 0 Å². The van der Waals surface area contributed by atoms with Gasteiger partial charge in [-0.05, 0) is 36.8 Å². The maximum atomic E-state index is 11.4. The van der Waals surface area contributed by atoms with Gasteiger partial charge in [0.2, 0.25) is 0 Å². The normalized spacial score (nSPS) is 17.6. The summed E-state index contributed by atoms with van der Waals surface area (Å²) >= 11 is 0. The lowest BCUT2D eigenvalue weighted by Gasteiger charge is -2.22. The van der Waals surface area contributed by atoms with E-state index in [9.17, 15) is 9.90 Å². The van der Waals surface area contributed by atoms with Gasteiger partial charge in [-0.25, -0.2) is 4.79 Å². The molecule has 2 aromatic rings. The topological polar surface area (TPSA) is 53.1 Å². The molecule has 2 N–H and O–H groups in total. The van der Waals surface area contributed by atoms with E-state index in [1.165, 1.54) is 49.8 Å². The van der Waals surface area contributed by atoms with Crippen molar-refractivity contribution in [2.45, 2.75) is 58.3 Å². The Morgan fingerprint density at radius 2 is 2.18 bits per heavy atom. The van der Waals surface area contributed by atoms with Crippen LogP contribution in [0.2, 0.25) is 0 Å². The van der Waals surface area contributed by atoms with Crippen LogP contribution >= 0.6 is 0 Å². The third-order valence-corrected chi connectivity index (χ3v) is 5.02. The van der Waals surface area contributed by atoms with Gasteiger partial charge in [0.25, 0.3) is 0 Å². The van der Waals surface area contributed by atoms with Gasteiger partial charge in [0.15, 0.2) is 0 Å². The summed E-state index contributed by atoms with van der Waals surface area (Å²) in [6.07, 6.45) is 10.0. The average Bonchev–Trinajstić information content (AvgIpc) is 2.89. The SMILES string of the molecule is CCCCCCC1CCc2c([nH]c3c(C(=O)O)cccc23)C1. The molecule has 0 fully saturated rings. The number of H-pyrrole nitrogens is 1. The first kappa shape index (κ1) is 15.1. The van der Waals surface area contributed by atoms with E-state index in [0.717, 1.165) is 29.7 Å². The van der Waals surface area contributed by atoms with Gasteiger partial charge in [-0.3, -0.25) is 0 Å². The van der Waals surface area contributed by atoms with Crippen LogP contribution in [-0.2, 0) is 12.8 Å². The van der Waals surface area contributed by atoms with E-state index in [-0.39, 0.29) is 0 Å². The van der Waals surface area contributed by atoms with Crippen molar-refractivity contribution in [3.63, 3.8) is 0 Å². The van der Waals surface area contributed by atoms with Crippen molar-refractivity contribution in [3.8, 4) is 0 Å². The summed E-state index contributed by atoms with van der Waals surface area (Å²) in [6.45, 7) is 2.25.